The molecule has 0 amide bonds. The second-order valence-corrected chi connectivity index (χ2v) is 6.05. The van der Waals surface area contributed by atoms with E-state index in [1.54, 1.807) is 19.1 Å². The molecule has 0 radical (unpaired) electrons. The van der Waals surface area contributed by atoms with E-state index in [0.717, 1.165) is 6.08 Å². The molecule has 1 aliphatic rings. The molecule has 26 heavy (non-hydrogen) atoms. The fraction of sp³-hybridized carbons (Fsp3) is 0.500. The Hall–Kier alpha value is -1.02. The van der Waals surface area contributed by atoms with Crippen molar-refractivity contribution in [3.05, 3.63) is 34.9 Å². The van der Waals surface area contributed by atoms with E-state index in [1.165, 1.54) is 6.07 Å². The molecule has 0 fully saturated rings. The predicted molar refractivity (Wildman–Crippen MR) is 83.6 cm³/mol. The van der Waals surface area contributed by atoms with Crippen LogP contribution in [0.15, 0.2) is 23.8 Å². The normalized spacial score (nSPS) is 19.3. The van der Waals surface area contributed by atoms with Gasteiger partial charge in [0.25, 0.3) is 0 Å². The summed E-state index contributed by atoms with van der Waals surface area (Å²) >= 11 is 0. The monoisotopic (exact) mass is 380 g/mol. The van der Waals surface area contributed by atoms with Crippen molar-refractivity contribution in [3.8, 4) is 5.75 Å². The maximum absolute atomic E-state index is 13.9. The summed E-state index contributed by atoms with van der Waals surface area (Å²) in [6.45, 7) is 4.96. The molecule has 0 saturated heterocycles. The number of fused-ring (bicyclic) bond motifs is 1. The predicted octanol–water partition coefficient (Wildman–Crippen LogP) is 0.236. The molecule has 1 aromatic rings. The number of hydrogen-bond donors (Lipinski definition) is 0. The minimum Gasteiger partial charge on any atom is -0.545 e. The van der Waals surface area contributed by atoms with Crippen LogP contribution >= 0.6 is 0 Å². The van der Waals surface area contributed by atoms with Crippen molar-refractivity contribution in [3.63, 3.8) is 0 Å². The van der Waals surface area contributed by atoms with Crippen molar-refractivity contribution >= 4 is 12.0 Å². The van der Waals surface area contributed by atoms with Crippen LogP contribution in [0.4, 0.5) is 13.2 Å². The zero-order valence-corrected chi connectivity index (χ0v) is 17.3. The molecule has 4 nitrogen and oxygen atoms in total. The Kier molecular flexibility index (Phi) is 7.77. The Balaban J connectivity index is 0.00000338. The number of alkyl halides is 3. The van der Waals surface area contributed by atoms with Crippen molar-refractivity contribution in [1.82, 2.24) is 0 Å². The van der Waals surface area contributed by atoms with Gasteiger partial charge in [-0.1, -0.05) is 44.9 Å². The van der Waals surface area contributed by atoms with E-state index in [2.05, 4.69) is 0 Å². The maximum atomic E-state index is 13.9. The first kappa shape index (κ1) is 23.0. The number of carboxylic acid groups (broad SMARTS) is 1. The number of hydrogen-bond acceptors (Lipinski definition) is 4. The van der Waals surface area contributed by atoms with Gasteiger partial charge in [-0.2, -0.15) is 13.2 Å². The summed E-state index contributed by atoms with van der Waals surface area (Å²) in [5.41, 5.74) is -0.389. The van der Waals surface area contributed by atoms with Crippen LogP contribution in [0.1, 0.15) is 37.8 Å². The first-order valence-electron chi connectivity index (χ1n) is 8.09. The van der Waals surface area contributed by atoms with Crippen LogP contribution in [0, 0.1) is 12.8 Å². The van der Waals surface area contributed by atoms with E-state index in [-0.39, 0.29) is 53.4 Å². The van der Waals surface area contributed by atoms with Crippen LogP contribution < -0.4 is 39.4 Å². The first-order chi connectivity index (χ1) is 11.7. The number of benzene rings is 1. The Morgan fingerprint density at radius 2 is 1.92 bits per heavy atom. The molecule has 0 saturated carbocycles. The molecule has 1 aromatic carbocycles. The van der Waals surface area contributed by atoms with Gasteiger partial charge in [-0.3, -0.25) is 0 Å². The summed E-state index contributed by atoms with van der Waals surface area (Å²) in [6, 6.07) is 4.66. The number of carboxylic acids is 1. The van der Waals surface area contributed by atoms with Gasteiger partial charge in [-0.15, -0.1) is 0 Å². The molecule has 0 aliphatic carbocycles. The van der Waals surface area contributed by atoms with Crippen molar-refractivity contribution < 1.29 is 62.1 Å². The van der Waals surface area contributed by atoms with E-state index in [1.807, 2.05) is 13.8 Å². The Labute approximate surface area is 172 Å². The van der Waals surface area contributed by atoms with Crippen molar-refractivity contribution in [1.29, 1.82) is 0 Å². The summed E-state index contributed by atoms with van der Waals surface area (Å²) in [6.07, 6.45) is -2.97. The van der Waals surface area contributed by atoms with Gasteiger partial charge in [-0.25, -0.2) is 0 Å². The van der Waals surface area contributed by atoms with Crippen molar-refractivity contribution in [2.45, 2.75) is 45.6 Å². The number of halogens is 3. The van der Waals surface area contributed by atoms with Crippen LogP contribution in [-0.4, -0.2) is 24.5 Å². The number of ether oxygens (including phenoxy) is 2. The van der Waals surface area contributed by atoms with Crippen LogP contribution in [-0.2, 0) is 9.53 Å². The number of aliphatic carboxylic acids is 1. The van der Waals surface area contributed by atoms with Gasteiger partial charge in [-0.05, 0) is 24.5 Å². The van der Waals surface area contributed by atoms with Gasteiger partial charge in [0.05, 0.1) is 18.1 Å². The SMILES string of the molecule is CCC(CC)COC1(C(F)(F)F)Oc2c(C)cccc2C=C1C(=O)[O-].[Na+]. The van der Waals surface area contributed by atoms with E-state index >= 15 is 0 Å². The number of carbonyl (C=O) groups is 1. The van der Waals surface area contributed by atoms with E-state index in [0.29, 0.717) is 18.4 Å². The van der Waals surface area contributed by atoms with Gasteiger partial charge in [0.1, 0.15) is 5.75 Å². The third kappa shape index (κ3) is 4.27. The summed E-state index contributed by atoms with van der Waals surface area (Å²) < 4.78 is 52.0. The molecule has 0 bridgehead atoms. The average Bonchev–Trinajstić information content (AvgIpc) is 2.54. The van der Waals surface area contributed by atoms with Gasteiger partial charge >= 0.3 is 41.5 Å². The van der Waals surface area contributed by atoms with Crippen LogP contribution in [0.3, 0.4) is 0 Å². The van der Waals surface area contributed by atoms with Crippen molar-refractivity contribution in [2.24, 2.45) is 5.92 Å². The molecule has 1 aliphatic heterocycles. The number of carbonyl (C=O) groups excluding carboxylic acids is 1. The van der Waals surface area contributed by atoms with Crippen LogP contribution in [0.5, 0.6) is 5.75 Å². The topological polar surface area (TPSA) is 58.6 Å². The smallest absolute Gasteiger partial charge is 0.545 e. The Morgan fingerprint density at radius 3 is 2.42 bits per heavy atom. The van der Waals surface area contributed by atoms with E-state index in [4.69, 9.17) is 9.47 Å². The van der Waals surface area contributed by atoms with E-state index in [9.17, 15) is 23.1 Å². The Morgan fingerprint density at radius 1 is 1.31 bits per heavy atom. The minimum atomic E-state index is -5.09. The van der Waals surface area contributed by atoms with Gasteiger partial charge in [0, 0.05) is 5.56 Å². The molecular weight excluding hydrogens is 360 g/mol. The fourth-order valence-electron chi connectivity index (χ4n) is 2.73. The number of rotatable bonds is 6. The van der Waals surface area contributed by atoms with Crippen LogP contribution in [0.2, 0.25) is 0 Å². The van der Waals surface area contributed by atoms with Gasteiger partial charge in [0.2, 0.25) is 0 Å². The summed E-state index contributed by atoms with van der Waals surface area (Å²) in [7, 11) is 0. The number of para-hydroxylation sites is 1. The van der Waals surface area contributed by atoms with Crippen molar-refractivity contribution in [2.75, 3.05) is 6.61 Å². The van der Waals surface area contributed by atoms with Gasteiger partial charge in [0.15, 0.2) is 0 Å². The summed E-state index contributed by atoms with van der Waals surface area (Å²) in [5, 5.41) is 11.5. The maximum Gasteiger partial charge on any atom is 1.00 e. The zero-order chi connectivity index (χ0) is 18.8. The fourth-order valence-corrected chi connectivity index (χ4v) is 2.73. The molecule has 1 unspecified atom stereocenters. The third-order valence-corrected chi connectivity index (χ3v) is 4.41. The summed E-state index contributed by atoms with van der Waals surface area (Å²) in [4.78, 5) is 11.5. The van der Waals surface area contributed by atoms with Gasteiger partial charge < -0.3 is 19.4 Å². The zero-order valence-electron chi connectivity index (χ0n) is 15.3. The largest absolute Gasteiger partial charge is 1.00 e. The van der Waals surface area contributed by atoms with Crippen LogP contribution in [0.25, 0.3) is 6.08 Å². The Bertz CT molecular complexity index is 684. The van der Waals surface area contributed by atoms with E-state index < -0.39 is 23.5 Å². The minimum absolute atomic E-state index is 0. The standard InChI is InChI=1S/C18H21F3O4.Na/c1-4-12(5-2)10-24-17(18(19,20)21)14(16(22)23)9-13-8-6-7-11(3)15(13)25-17;/h6-9,12H,4-5,10H2,1-3H3,(H,22,23);/q;+1/p-1. The summed E-state index contributed by atoms with van der Waals surface area (Å²) in [5.74, 6) is -5.56. The number of aryl methyl sites for hydroxylation is 1. The second kappa shape index (κ2) is 8.78. The molecule has 0 aromatic heterocycles. The third-order valence-electron chi connectivity index (χ3n) is 4.41. The molecule has 0 spiro atoms. The molecule has 2 rings (SSSR count). The molecular formula is C18H20F3NaO4. The molecule has 0 N–H and O–H groups in total. The quantitative estimate of drug-likeness (QED) is 0.664. The average molecular weight is 380 g/mol. The molecule has 1 heterocycles. The molecule has 8 heteroatoms. The first-order valence-corrected chi connectivity index (χ1v) is 8.09. The molecule has 138 valence electrons. The second-order valence-electron chi connectivity index (χ2n) is 6.05. The molecule has 1 atom stereocenters.